The van der Waals surface area contributed by atoms with Crippen molar-refractivity contribution in [1.82, 2.24) is 16.0 Å². The van der Waals surface area contributed by atoms with E-state index in [1.54, 1.807) is 0 Å². The highest BCUT2D eigenvalue weighted by atomic mass is 16.4. The van der Waals surface area contributed by atoms with Crippen LogP contribution in [0, 0.1) is 0 Å². The predicted molar refractivity (Wildman–Crippen MR) is 119 cm³/mol. The summed E-state index contributed by atoms with van der Waals surface area (Å²) in [7, 11) is 0. The largest absolute Gasteiger partial charge is 0.508 e. The van der Waals surface area contributed by atoms with E-state index < -0.39 is 59.9 Å². The third-order valence-corrected chi connectivity index (χ3v) is 4.87. The molecule has 1 rings (SSSR count). The maximum Gasteiger partial charge on any atom is 0.325 e. The quantitative estimate of drug-likeness (QED) is 0.148. The molecule has 10 N–H and O–H groups in total. The molecular formula is C21H31N5O8. The number of carboxylic acids is 1. The number of nitrogens with two attached hydrogens (primary N) is 2. The molecule has 0 aliphatic carbocycles. The molecule has 0 saturated carbocycles. The Morgan fingerprint density at radius 2 is 1.44 bits per heavy atom. The van der Waals surface area contributed by atoms with E-state index in [-0.39, 0.29) is 25.0 Å². The van der Waals surface area contributed by atoms with Gasteiger partial charge in [-0.3, -0.25) is 24.0 Å². The lowest BCUT2D eigenvalue weighted by Gasteiger charge is -2.25. The topological polar surface area (TPSA) is 234 Å². The Labute approximate surface area is 195 Å². The van der Waals surface area contributed by atoms with Crippen molar-refractivity contribution in [3.05, 3.63) is 29.8 Å². The highest BCUT2D eigenvalue weighted by molar-refractivity contribution is 5.94. The molecule has 0 aliphatic heterocycles. The molecule has 188 valence electrons. The van der Waals surface area contributed by atoms with E-state index in [0.717, 1.165) is 0 Å². The summed E-state index contributed by atoms with van der Waals surface area (Å²) >= 11 is 0. The number of rotatable bonds is 13. The van der Waals surface area contributed by atoms with E-state index in [2.05, 4.69) is 16.0 Å². The molecule has 0 fully saturated rings. The number of phenolic OH excluding ortho intramolecular Hbond substituents is 1. The number of amides is 4. The van der Waals surface area contributed by atoms with Crippen molar-refractivity contribution in [3.8, 4) is 5.75 Å². The number of primary amides is 1. The van der Waals surface area contributed by atoms with Crippen LogP contribution in [0.1, 0.15) is 32.3 Å². The fraction of sp³-hybridized carbons (Fsp3) is 0.476. The van der Waals surface area contributed by atoms with Crippen molar-refractivity contribution in [2.75, 3.05) is 0 Å². The van der Waals surface area contributed by atoms with Gasteiger partial charge in [-0.15, -0.1) is 0 Å². The highest BCUT2D eigenvalue weighted by Gasteiger charge is 2.30. The first-order valence-corrected chi connectivity index (χ1v) is 10.5. The van der Waals surface area contributed by atoms with Crippen LogP contribution in [-0.2, 0) is 30.4 Å². The Bertz CT molecular complexity index is 890. The van der Waals surface area contributed by atoms with Crippen LogP contribution in [0.2, 0.25) is 0 Å². The number of hydrogen-bond donors (Lipinski definition) is 8. The monoisotopic (exact) mass is 481 g/mol. The van der Waals surface area contributed by atoms with Gasteiger partial charge in [0.05, 0.1) is 6.10 Å². The molecule has 5 atom stereocenters. The number of benzene rings is 1. The number of phenols is 1. The summed E-state index contributed by atoms with van der Waals surface area (Å²) in [6, 6.07) is 0.581. The second-order valence-electron chi connectivity index (χ2n) is 7.83. The molecule has 34 heavy (non-hydrogen) atoms. The third kappa shape index (κ3) is 9.42. The Balaban J connectivity index is 3.11. The van der Waals surface area contributed by atoms with Gasteiger partial charge in [0.25, 0.3) is 0 Å². The Morgan fingerprint density at radius 3 is 1.94 bits per heavy atom. The van der Waals surface area contributed by atoms with E-state index in [9.17, 15) is 34.2 Å². The lowest BCUT2D eigenvalue weighted by molar-refractivity contribution is -0.141. The molecule has 0 aromatic heterocycles. The third-order valence-electron chi connectivity index (χ3n) is 4.87. The molecular weight excluding hydrogens is 450 g/mol. The average Bonchev–Trinajstić information content (AvgIpc) is 2.76. The number of hydrogen-bond acceptors (Lipinski definition) is 8. The molecule has 0 aliphatic rings. The van der Waals surface area contributed by atoms with E-state index >= 15 is 0 Å². The SMILES string of the molecule is CC(NC(=O)C(Cc1ccc(O)cc1)NC(=O)C(CCC(N)=O)NC(=O)C(N)C(C)O)C(=O)O. The fourth-order valence-corrected chi connectivity index (χ4v) is 2.77. The van der Waals surface area contributed by atoms with Crippen LogP contribution >= 0.6 is 0 Å². The van der Waals surface area contributed by atoms with Crippen LogP contribution in [0.4, 0.5) is 0 Å². The highest BCUT2D eigenvalue weighted by Crippen LogP contribution is 2.12. The zero-order chi connectivity index (χ0) is 26.0. The summed E-state index contributed by atoms with van der Waals surface area (Å²) in [6.45, 7) is 2.53. The van der Waals surface area contributed by atoms with Crippen LogP contribution in [0.25, 0.3) is 0 Å². The second-order valence-corrected chi connectivity index (χ2v) is 7.83. The Morgan fingerprint density at radius 1 is 0.912 bits per heavy atom. The molecule has 5 unspecified atom stereocenters. The molecule has 0 radical (unpaired) electrons. The summed E-state index contributed by atoms with van der Waals surface area (Å²) in [5, 5.41) is 35.1. The van der Waals surface area contributed by atoms with Gasteiger partial charge in [-0.25, -0.2) is 0 Å². The number of aliphatic hydroxyl groups is 1. The summed E-state index contributed by atoms with van der Waals surface area (Å²) in [5.74, 6) is -4.57. The van der Waals surface area contributed by atoms with Gasteiger partial charge in [-0.05, 0) is 38.0 Å². The van der Waals surface area contributed by atoms with Crippen molar-refractivity contribution >= 4 is 29.6 Å². The molecule has 1 aromatic rings. The molecule has 0 saturated heterocycles. The number of nitrogens with one attached hydrogen (secondary N) is 3. The number of aromatic hydroxyl groups is 1. The predicted octanol–water partition coefficient (Wildman–Crippen LogP) is -2.53. The van der Waals surface area contributed by atoms with Crippen LogP contribution < -0.4 is 27.4 Å². The standard InChI is InChI=1S/C21H31N5O8/c1-10(21(33)34)24-19(31)15(9-12-3-5-13(28)6-4-12)26-18(30)14(7-8-16(22)29)25-20(32)17(23)11(2)27/h3-6,10-11,14-15,17,27-28H,7-9,23H2,1-2H3,(H2,22,29)(H,24,31)(H,25,32)(H,26,30)(H,33,34). The summed E-state index contributed by atoms with van der Waals surface area (Å²) in [6.07, 6.45) is -1.77. The molecule has 0 spiro atoms. The van der Waals surface area contributed by atoms with Crippen molar-refractivity contribution in [2.45, 2.75) is 63.4 Å². The van der Waals surface area contributed by atoms with Gasteiger partial charge >= 0.3 is 5.97 Å². The first kappa shape index (κ1) is 28.3. The lowest BCUT2D eigenvalue weighted by Crippen LogP contribution is -2.58. The molecule has 13 nitrogen and oxygen atoms in total. The molecule has 4 amide bonds. The van der Waals surface area contributed by atoms with E-state index in [4.69, 9.17) is 16.6 Å². The molecule has 13 heteroatoms. The minimum absolute atomic E-state index is 0.0167. The number of carbonyl (C=O) groups excluding carboxylic acids is 4. The van der Waals surface area contributed by atoms with E-state index in [0.29, 0.717) is 5.56 Å². The van der Waals surface area contributed by atoms with Gasteiger partial charge in [0, 0.05) is 12.8 Å². The fourth-order valence-electron chi connectivity index (χ4n) is 2.77. The van der Waals surface area contributed by atoms with Gasteiger partial charge in [-0.2, -0.15) is 0 Å². The van der Waals surface area contributed by atoms with Gasteiger partial charge in [0.2, 0.25) is 23.6 Å². The Kier molecular flexibility index (Phi) is 10.9. The molecule has 0 heterocycles. The van der Waals surface area contributed by atoms with E-state index in [1.165, 1.54) is 38.1 Å². The number of carboxylic acid groups (broad SMARTS) is 1. The minimum atomic E-state index is -1.35. The van der Waals surface area contributed by atoms with Gasteiger partial charge in [0.1, 0.15) is 29.9 Å². The minimum Gasteiger partial charge on any atom is -0.508 e. The van der Waals surface area contributed by atoms with Gasteiger partial charge < -0.3 is 42.7 Å². The summed E-state index contributed by atoms with van der Waals surface area (Å²) < 4.78 is 0. The van der Waals surface area contributed by atoms with Crippen LogP contribution in [-0.4, -0.2) is 75.2 Å². The maximum atomic E-state index is 12.9. The van der Waals surface area contributed by atoms with E-state index in [1.807, 2.05) is 0 Å². The normalized spacial score (nSPS) is 15.2. The number of aliphatic carboxylic acids is 1. The first-order chi connectivity index (χ1) is 15.8. The van der Waals surface area contributed by atoms with Crippen molar-refractivity contribution in [1.29, 1.82) is 0 Å². The van der Waals surface area contributed by atoms with Crippen molar-refractivity contribution in [3.63, 3.8) is 0 Å². The van der Waals surface area contributed by atoms with Crippen LogP contribution in [0.3, 0.4) is 0 Å². The zero-order valence-electron chi connectivity index (χ0n) is 18.9. The number of carbonyl (C=O) groups is 5. The van der Waals surface area contributed by atoms with Crippen LogP contribution in [0.15, 0.2) is 24.3 Å². The average molecular weight is 482 g/mol. The second kappa shape index (κ2) is 13.1. The zero-order valence-corrected chi connectivity index (χ0v) is 18.9. The first-order valence-electron chi connectivity index (χ1n) is 10.5. The van der Waals surface area contributed by atoms with Crippen molar-refractivity contribution < 1.29 is 39.3 Å². The molecule has 1 aromatic carbocycles. The summed E-state index contributed by atoms with van der Waals surface area (Å²) in [5.41, 5.74) is 11.3. The van der Waals surface area contributed by atoms with Crippen LogP contribution in [0.5, 0.6) is 5.75 Å². The summed E-state index contributed by atoms with van der Waals surface area (Å²) in [4.78, 5) is 60.2. The molecule has 0 bridgehead atoms. The maximum absolute atomic E-state index is 12.9. The van der Waals surface area contributed by atoms with Gasteiger partial charge in [0.15, 0.2) is 0 Å². The van der Waals surface area contributed by atoms with Gasteiger partial charge in [-0.1, -0.05) is 12.1 Å². The smallest absolute Gasteiger partial charge is 0.325 e. The Hall–Kier alpha value is -3.71. The lowest BCUT2D eigenvalue weighted by atomic mass is 10.0. The number of aliphatic hydroxyl groups excluding tert-OH is 1. The van der Waals surface area contributed by atoms with Crippen molar-refractivity contribution in [2.24, 2.45) is 11.5 Å².